The Balaban J connectivity index is 1.38. The van der Waals surface area contributed by atoms with Crippen molar-refractivity contribution >= 4 is 65.0 Å². The molecule has 184 valence electrons. The summed E-state index contributed by atoms with van der Waals surface area (Å²) in [6.45, 7) is 0. The molecule has 0 saturated heterocycles. The van der Waals surface area contributed by atoms with Crippen LogP contribution in [-0.4, -0.2) is 15.0 Å². The number of aromatic nitrogens is 3. The fourth-order valence-corrected chi connectivity index (χ4v) is 6.76. The largest absolute Gasteiger partial charge is 0.456 e. The van der Waals surface area contributed by atoms with Crippen molar-refractivity contribution in [3.05, 3.63) is 114 Å². The van der Waals surface area contributed by atoms with Gasteiger partial charge >= 0.3 is 0 Å². The molecule has 0 fully saturated rings. The number of furan rings is 1. The van der Waals surface area contributed by atoms with E-state index in [1.807, 2.05) is 72.8 Å². The average Bonchev–Trinajstić information content (AvgIpc) is 3.56. The third kappa shape index (κ3) is 3.62. The molecule has 0 aliphatic carbocycles. The predicted molar refractivity (Wildman–Crippen MR) is 161 cm³/mol. The highest BCUT2D eigenvalue weighted by atomic mass is 35.5. The smallest absolute Gasteiger partial charge is 0.165 e. The summed E-state index contributed by atoms with van der Waals surface area (Å²) in [6, 6.07) is 36.5. The number of hydrogen-bond acceptors (Lipinski definition) is 5. The molecule has 0 N–H and O–H groups in total. The van der Waals surface area contributed by atoms with Gasteiger partial charge in [-0.05, 0) is 36.4 Å². The van der Waals surface area contributed by atoms with Crippen LogP contribution in [0.1, 0.15) is 0 Å². The van der Waals surface area contributed by atoms with E-state index < -0.39 is 0 Å². The Hall–Kier alpha value is -4.58. The standard InChI is InChI=1S/C33H18ClN3OS/c34-25-13-7-15-28-29(25)23-11-6-12-24(30(23)39-28)33-36-31(19-8-2-1-3-9-19)35-32(37-33)20-16-17-22-21-10-4-5-14-26(21)38-27(22)18-20/h1-18H. The molecule has 0 saturated carbocycles. The van der Waals surface area contributed by atoms with Gasteiger partial charge in [0.05, 0.1) is 0 Å². The lowest BCUT2D eigenvalue weighted by molar-refractivity contribution is 0.669. The van der Waals surface area contributed by atoms with E-state index in [4.69, 9.17) is 31.0 Å². The van der Waals surface area contributed by atoms with Crippen molar-refractivity contribution in [2.24, 2.45) is 0 Å². The van der Waals surface area contributed by atoms with Crippen molar-refractivity contribution in [2.45, 2.75) is 0 Å². The van der Waals surface area contributed by atoms with Crippen LogP contribution in [0.5, 0.6) is 0 Å². The van der Waals surface area contributed by atoms with E-state index >= 15 is 0 Å². The zero-order chi connectivity index (χ0) is 25.9. The molecule has 8 aromatic rings. The van der Waals surface area contributed by atoms with Crippen LogP contribution in [0.25, 0.3) is 76.3 Å². The fourth-order valence-electron chi connectivity index (χ4n) is 5.19. The molecule has 0 spiro atoms. The van der Waals surface area contributed by atoms with E-state index in [-0.39, 0.29) is 0 Å². The number of rotatable bonds is 3. The molecule has 0 amide bonds. The van der Waals surface area contributed by atoms with Crippen molar-refractivity contribution in [2.75, 3.05) is 0 Å². The summed E-state index contributed by atoms with van der Waals surface area (Å²) < 4.78 is 8.40. The molecule has 8 rings (SSSR count). The van der Waals surface area contributed by atoms with Crippen LogP contribution in [0, 0.1) is 0 Å². The van der Waals surface area contributed by atoms with Gasteiger partial charge in [0, 0.05) is 52.7 Å². The van der Waals surface area contributed by atoms with E-state index in [2.05, 4.69) is 36.4 Å². The topological polar surface area (TPSA) is 51.8 Å². The third-order valence-corrected chi connectivity index (χ3v) is 8.54. The molecule has 3 aromatic heterocycles. The zero-order valence-corrected chi connectivity index (χ0v) is 22.0. The molecule has 0 radical (unpaired) electrons. The normalized spacial score (nSPS) is 11.7. The molecule has 0 bridgehead atoms. The highest BCUT2D eigenvalue weighted by molar-refractivity contribution is 7.26. The minimum Gasteiger partial charge on any atom is -0.456 e. The Morgan fingerprint density at radius 2 is 1.28 bits per heavy atom. The van der Waals surface area contributed by atoms with Crippen LogP contribution in [-0.2, 0) is 0 Å². The Bertz CT molecular complexity index is 2200. The lowest BCUT2D eigenvalue weighted by Crippen LogP contribution is -2.00. The molecule has 4 nitrogen and oxygen atoms in total. The van der Waals surface area contributed by atoms with Crippen molar-refractivity contribution < 1.29 is 4.42 Å². The second kappa shape index (κ2) is 8.73. The molecule has 0 unspecified atom stereocenters. The van der Waals surface area contributed by atoms with Crippen LogP contribution >= 0.6 is 22.9 Å². The first kappa shape index (κ1) is 22.4. The van der Waals surface area contributed by atoms with Crippen molar-refractivity contribution in [3.8, 4) is 34.2 Å². The number of benzene rings is 5. The van der Waals surface area contributed by atoms with E-state index in [0.29, 0.717) is 17.5 Å². The maximum absolute atomic E-state index is 6.62. The second-order valence-electron chi connectivity index (χ2n) is 9.38. The van der Waals surface area contributed by atoms with Crippen LogP contribution < -0.4 is 0 Å². The van der Waals surface area contributed by atoms with Crippen molar-refractivity contribution in [1.29, 1.82) is 0 Å². The average molecular weight is 540 g/mol. The number of para-hydroxylation sites is 1. The zero-order valence-electron chi connectivity index (χ0n) is 20.4. The van der Waals surface area contributed by atoms with Gasteiger partial charge in [-0.3, -0.25) is 0 Å². The Kier molecular flexibility index (Phi) is 5.02. The maximum atomic E-state index is 6.62. The van der Waals surface area contributed by atoms with Gasteiger partial charge in [0.15, 0.2) is 17.5 Å². The molecule has 5 aromatic carbocycles. The van der Waals surface area contributed by atoms with E-state index in [0.717, 1.165) is 63.8 Å². The summed E-state index contributed by atoms with van der Waals surface area (Å²) in [5, 5.41) is 5.07. The van der Waals surface area contributed by atoms with Crippen LogP contribution in [0.4, 0.5) is 0 Å². The van der Waals surface area contributed by atoms with Gasteiger partial charge < -0.3 is 4.42 Å². The van der Waals surface area contributed by atoms with Crippen LogP contribution in [0.2, 0.25) is 5.02 Å². The molecular weight excluding hydrogens is 522 g/mol. The highest BCUT2D eigenvalue weighted by Crippen LogP contribution is 2.42. The summed E-state index contributed by atoms with van der Waals surface area (Å²) in [6.07, 6.45) is 0. The number of thiophene rings is 1. The van der Waals surface area contributed by atoms with Gasteiger partial charge in [-0.2, -0.15) is 0 Å². The molecule has 6 heteroatoms. The summed E-state index contributed by atoms with van der Waals surface area (Å²) in [5.74, 6) is 1.84. The van der Waals surface area contributed by atoms with Gasteiger partial charge in [-0.25, -0.2) is 15.0 Å². The number of nitrogens with zero attached hydrogens (tertiary/aromatic N) is 3. The first-order chi connectivity index (χ1) is 19.2. The van der Waals surface area contributed by atoms with E-state index in [1.165, 1.54) is 0 Å². The van der Waals surface area contributed by atoms with Crippen molar-refractivity contribution in [3.63, 3.8) is 0 Å². The molecule has 0 aliphatic rings. The molecular formula is C33H18ClN3OS. The summed E-state index contributed by atoms with van der Waals surface area (Å²) >= 11 is 8.32. The van der Waals surface area contributed by atoms with Crippen LogP contribution in [0.3, 0.4) is 0 Å². The minimum absolute atomic E-state index is 0.595. The first-order valence-electron chi connectivity index (χ1n) is 12.6. The number of fused-ring (bicyclic) bond motifs is 6. The van der Waals surface area contributed by atoms with Gasteiger partial charge in [0.2, 0.25) is 0 Å². The number of halogens is 1. The first-order valence-corrected chi connectivity index (χ1v) is 13.8. The van der Waals surface area contributed by atoms with Gasteiger partial charge in [-0.1, -0.05) is 84.4 Å². The quantitative estimate of drug-likeness (QED) is 0.224. The highest BCUT2D eigenvalue weighted by Gasteiger charge is 2.18. The molecule has 0 aliphatic heterocycles. The summed E-state index contributed by atoms with van der Waals surface area (Å²) in [7, 11) is 0. The molecule has 39 heavy (non-hydrogen) atoms. The number of hydrogen-bond donors (Lipinski definition) is 0. The van der Waals surface area contributed by atoms with Gasteiger partial charge in [-0.15, -0.1) is 11.3 Å². The summed E-state index contributed by atoms with van der Waals surface area (Å²) in [4.78, 5) is 14.9. The van der Waals surface area contributed by atoms with Crippen molar-refractivity contribution in [1.82, 2.24) is 15.0 Å². The monoisotopic (exact) mass is 539 g/mol. The second-order valence-corrected chi connectivity index (χ2v) is 10.8. The maximum Gasteiger partial charge on any atom is 0.165 e. The molecule has 0 atom stereocenters. The molecule has 3 heterocycles. The Labute approximate surface area is 232 Å². The summed E-state index contributed by atoms with van der Waals surface area (Å²) in [5.41, 5.74) is 4.42. The lowest BCUT2D eigenvalue weighted by atomic mass is 10.1. The Morgan fingerprint density at radius 1 is 0.564 bits per heavy atom. The van der Waals surface area contributed by atoms with E-state index in [9.17, 15) is 0 Å². The van der Waals surface area contributed by atoms with E-state index in [1.54, 1.807) is 11.3 Å². The van der Waals surface area contributed by atoms with Crippen LogP contribution in [0.15, 0.2) is 114 Å². The Morgan fingerprint density at radius 3 is 2.18 bits per heavy atom. The van der Waals surface area contributed by atoms with Gasteiger partial charge in [0.1, 0.15) is 11.2 Å². The lowest BCUT2D eigenvalue weighted by Gasteiger charge is -2.09. The third-order valence-electron chi connectivity index (χ3n) is 7.02. The predicted octanol–water partition coefficient (Wildman–Crippen LogP) is 9.79. The SMILES string of the molecule is Clc1cccc2sc3c(-c4nc(-c5ccccc5)nc(-c5ccc6c(c5)oc5ccccc56)n4)cccc3c12. The minimum atomic E-state index is 0.595. The fraction of sp³-hybridized carbons (Fsp3) is 0. The van der Waals surface area contributed by atoms with Gasteiger partial charge in [0.25, 0.3) is 0 Å².